The molecule has 2 heterocycles. The lowest BCUT2D eigenvalue weighted by Crippen LogP contribution is -2.40. The summed E-state index contributed by atoms with van der Waals surface area (Å²) in [6.45, 7) is 7.88. The van der Waals surface area contributed by atoms with Gasteiger partial charge in [-0.1, -0.05) is 6.07 Å². The number of hydrogen-bond acceptors (Lipinski definition) is 5. The van der Waals surface area contributed by atoms with Crippen molar-refractivity contribution < 1.29 is 14.3 Å². The van der Waals surface area contributed by atoms with E-state index in [0.29, 0.717) is 19.7 Å². The molecular weight excluding hydrogens is 348 g/mol. The van der Waals surface area contributed by atoms with E-state index in [-0.39, 0.29) is 5.91 Å². The van der Waals surface area contributed by atoms with Gasteiger partial charge in [-0.05, 0) is 43.0 Å². The van der Waals surface area contributed by atoms with Crippen molar-refractivity contribution in [3.8, 4) is 21.9 Å². The summed E-state index contributed by atoms with van der Waals surface area (Å²) in [6, 6.07) is 8.33. The Morgan fingerprint density at radius 2 is 2.15 bits per heavy atom. The van der Waals surface area contributed by atoms with Crippen molar-refractivity contribution in [2.75, 3.05) is 39.9 Å². The number of methoxy groups -OCH3 is 1. The summed E-state index contributed by atoms with van der Waals surface area (Å²) in [6.07, 6.45) is 0. The fraction of sp³-hybridized carbons (Fsp3) is 0.450. The zero-order valence-corrected chi connectivity index (χ0v) is 16.5. The van der Waals surface area contributed by atoms with E-state index < -0.39 is 0 Å². The number of hydrogen-bond donors (Lipinski definition) is 0. The van der Waals surface area contributed by atoms with E-state index in [2.05, 4.69) is 22.4 Å². The molecule has 0 saturated carbocycles. The van der Waals surface area contributed by atoms with Crippen molar-refractivity contribution in [2.45, 2.75) is 20.4 Å². The summed E-state index contributed by atoms with van der Waals surface area (Å²) >= 11 is 1.70. The lowest BCUT2D eigenvalue weighted by molar-refractivity contribution is -0.132. The monoisotopic (exact) mass is 374 g/mol. The lowest BCUT2D eigenvalue weighted by Gasteiger charge is -2.24. The second kappa shape index (κ2) is 8.56. The van der Waals surface area contributed by atoms with Crippen molar-refractivity contribution in [1.29, 1.82) is 0 Å². The third kappa shape index (κ3) is 4.02. The van der Waals surface area contributed by atoms with Crippen LogP contribution in [-0.2, 0) is 11.3 Å². The molecule has 0 fully saturated rings. The van der Waals surface area contributed by atoms with Crippen LogP contribution in [0.15, 0.2) is 29.6 Å². The molecule has 1 aliphatic rings. The van der Waals surface area contributed by atoms with Gasteiger partial charge in [-0.3, -0.25) is 9.69 Å². The Balaban J connectivity index is 1.86. The van der Waals surface area contributed by atoms with E-state index in [9.17, 15) is 4.79 Å². The van der Waals surface area contributed by atoms with Gasteiger partial charge in [-0.2, -0.15) is 0 Å². The van der Waals surface area contributed by atoms with E-state index in [4.69, 9.17) is 9.47 Å². The summed E-state index contributed by atoms with van der Waals surface area (Å²) < 4.78 is 11.6. The fourth-order valence-corrected chi connectivity index (χ4v) is 3.99. The van der Waals surface area contributed by atoms with Crippen molar-refractivity contribution in [1.82, 2.24) is 9.80 Å². The van der Waals surface area contributed by atoms with Crippen LogP contribution in [0, 0.1) is 0 Å². The minimum absolute atomic E-state index is 0.167. The molecule has 0 atom stereocenters. The van der Waals surface area contributed by atoms with Gasteiger partial charge in [0.25, 0.3) is 0 Å². The highest BCUT2D eigenvalue weighted by atomic mass is 32.1. The van der Waals surface area contributed by atoms with Gasteiger partial charge in [-0.25, -0.2) is 0 Å². The third-order valence-corrected chi connectivity index (χ3v) is 5.60. The maximum Gasteiger partial charge on any atom is 0.236 e. The molecule has 0 N–H and O–H groups in total. The van der Waals surface area contributed by atoms with Crippen molar-refractivity contribution in [3.05, 3.63) is 35.2 Å². The topological polar surface area (TPSA) is 42.0 Å². The number of carbonyl (C=O) groups is 1. The lowest BCUT2D eigenvalue weighted by atomic mass is 10.1. The number of thiophene rings is 1. The number of carbonyl (C=O) groups excluding carboxylic acids is 1. The highest BCUT2D eigenvalue weighted by Crippen LogP contribution is 2.39. The third-order valence-electron chi connectivity index (χ3n) is 4.68. The summed E-state index contributed by atoms with van der Waals surface area (Å²) in [5.41, 5.74) is 2.19. The number of benzene rings is 1. The number of amides is 1. The zero-order chi connectivity index (χ0) is 18.5. The van der Waals surface area contributed by atoms with Gasteiger partial charge >= 0.3 is 0 Å². The molecule has 1 aliphatic heterocycles. The molecule has 0 bridgehead atoms. The molecule has 6 heteroatoms. The molecule has 2 aromatic rings. The predicted molar refractivity (Wildman–Crippen MR) is 105 cm³/mol. The number of ether oxygens (including phenoxy) is 2. The second-order valence-corrected chi connectivity index (χ2v) is 7.22. The Morgan fingerprint density at radius 1 is 1.35 bits per heavy atom. The Morgan fingerprint density at radius 3 is 2.81 bits per heavy atom. The van der Waals surface area contributed by atoms with Crippen molar-refractivity contribution in [3.63, 3.8) is 0 Å². The smallest absolute Gasteiger partial charge is 0.236 e. The Bertz CT molecular complexity index is 742. The van der Waals surface area contributed by atoms with Crippen LogP contribution in [0.2, 0.25) is 0 Å². The van der Waals surface area contributed by atoms with Crippen LogP contribution in [-0.4, -0.2) is 55.6 Å². The molecule has 5 nitrogen and oxygen atoms in total. The molecule has 0 radical (unpaired) electrons. The van der Waals surface area contributed by atoms with Crippen LogP contribution in [0.4, 0.5) is 0 Å². The average Bonchev–Trinajstić information content (AvgIpc) is 3.10. The maximum atomic E-state index is 12.5. The standard InChI is InChI=1S/C20H26N2O3S/c1-4-22(5-2)19(23)14-21-8-9-25-20-16(13-21)11-15(12-17(20)24-3)18-7-6-10-26-18/h6-7,10-12H,4-5,8-9,13-14H2,1-3H3. The van der Waals surface area contributed by atoms with Crippen LogP contribution >= 0.6 is 11.3 Å². The molecule has 140 valence electrons. The van der Waals surface area contributed by atoms with Gasteiger partial charge in [0.2, 0.25) is 5.91 Å². The van der Waals surface area contributed by atoms with E-state index in [1.165, 1.54) is 4.88 Å². The summed E-state index contributed by atoms with van der Waals surface area (Å²) in [5, 5.41) is 2.07. The molecule has 1 aromatic carbocycles. The van der Waals surface area contributed by atoms with Gasteiger partial charge in [0.15, 0.2) is 11.5 Å². The minimum atomic E-state index is 0.167. The highest BCUT2D eigenvalue weighted by Gasteiger charge is 2.23. The van der Waals surface area contributed by atoms with Gasteiger partial charge in [0.1, 0.15) is 6.61 Å². The molecule has 1 amide bonds. The maximum absolute atomic E-state index is 12.5. The first-order chi connectivity index (χ1) is 12.7. The number of rotatable bonds is 6. The van der Waals surface area contributed by atoms with Crippen LogP contribution in [0.1, 0.15) is 19.4 Å². The van der Waals surface area contributed by atoms with E-state index in [0.717, 1.165) is 42.3 Å². The second-order valence-electron chi connectivity index (χ2n) is 6.27. The van der Waals surface area contributed by atoms with Gasteiger partial charge in [-0.15, -0.1) is 11.3 Å². The normalized spacial score (nSPS) is 14.3. The zero-order valence-electron chi connectivity index (χ0n) is 15.7. The number of fused-ring (bicyclic) bond motifs is 1. The molecule has 0 unspecified atom stereocenters. The van der Waals surface area contributed by atoms with Gasteiger partial charge in [0, 0.05) is 36.6 Å². The van der Waals surface area contributed by atoms with Gasteiger partial charge in [0.05, 0.1) is 13.7 Å². The van der Waals surface area contributed by atoms with Gasteiger partial charge < -0.3 is 14.4 Å². The van der Waals surface area contributed by atoms with Crippen molar-refractivity contribution >= 4 is 17.2 Å². The minimum Gasteiger partial charge on any atom is -0.493 e. The average molecular weight is 375 g/mol. The number of nitrogens with zero attached hydrogens (tertiary/aromatic N) is 2. The first-order valence-corrected chi connectivity index (χ1v) is 9.91. The Kier molecular flexibility index (Phi) is 6.16. The summed E-state index contributed by atoms with van der Waals surface area (Å²) in [5.74, 6) is 1.72. The first-order valence-electron chi connectivity index (χ1n) is 9.04. The van der Waals surface area contributed by atoms with Crippen LogP contribution in [0.25, 0.3) is 10.4 Å². The van der Waals surface area contributed by atoms with E-state index in [1.54, 1.807) is 18.4 Å². The quantitative estimate of drug-likeness (QED) is 0.776. The van der Waals surface area contributed by atoms with Crippen molar-refractivity contribution in [2.24, 2.45) is 0 Å². The predicted octanol–water partition coefficient (Wildman–Crippen LogP) is 3.49. The van der Waals surface area contributed by atoms with Crippen LogP contribution in [0.3, 0.4) is 0 Å². The molecule has 1 aromatic heterocycles. The molecule has 0 spiro atoms. The van der Waals surface area contributed by atoms with Crippen LogP contribution < -0.4 is 9.47 Å². The summed E-state index contributed by atoms with van der Waals surface area (Å²) in [4.78, 5) is 17.7. The SMILES string of the molecule is CCN(CC)C(=O)CN1CCOc2c(cc(-c3cccs3)cc2OC)C1. The molecule has 26 heavy (non-hydrogen) atoms. The summed E-state index contributed by atoms with van der Waals surface area (Å²) in [7, 11) is 1.67. The fourth-order valence-electron chi connectivity index (χ4n) is 3.28. The molecule has 0 saturated heterocycles. The first kappa shape index (κ1) is 18.7. The van der Waals surface area contributed by atoms with E-state index >= 15 is 0 Å². The largest absolute Gasteiger partial charge is 0.493 e. The molecule has 3 rings (SSSR count). The van der Waals surface area contributed by atoms with E-state index in [1.807, 2.05) is 30.9 Å². The van der Waals surface area contributed by atoms with Crippen LogP contribution in [0.5, 0.6) is 11.5 Å². The highest BCUT2D eigenvalue weighted by molar-refractivity contribution is 7.13. The molecular formula is C20H26N2O3S. The Labute approximate surface area is 159 Å². The Hall–Kier alpha value is -2.05. The molecule has 0 aliphatic carbocycles. The number of likely N-dealkylation sites (N-methyl/N-ethyl adjacent to an activating group) is 1.